The minimum absolute atomic E-state index is 0.0204. The van der Waals surface area contributed by atoms with Crippen molar-refractivity contribution < 1.29 is 8.42 Å². The van der Waals surface area contributed by atoms with E-state index >= 15 is 0 Å². The first kappa shape index (κ1) is 19.4. The molecule has 5 nitrogen and oxygen atoms in total. The van der Waals surface area contributed by atoms with E-state index in [1.165, 1.54) is 28.1 Å². The number of hydrogen-bond acceptors (Lipinski definition) is 3. The Hall–Kier alpha value is -1.89. The highest BCUT2D eigenvalue weighted by molar-refractivity contribution is 7.88. The summed E-state index contributed by atoms with van der Waals surface area (Å²) in [7, 11) is -3.15. The van der Waals surface area contributed by atoms with Gasteiger partial charge >= 0.3 is 0 Å². The Labute approximate surface area is 167 Å². The van der Waals surface area contributed by atoms with Gasteiger partial charge in [0.15, 0.2) is 0 Å². The average molecular weight is 400 g/mol. The van der Waals surface area contributed by atoms with Crippen molar-refractivity contribution in [2.75, 3.05) is 25.9 Å². The first-order valence-electron chi connectivity index (χ1n) is 10.0. The summed E-state index contributed by atoms with van der Waals surface area (Å²) < 4.78 is 28.2. The molecule has 28 heavy (non-hydrogen) atoms. The lowest BCUT2D eigenvalue weighted by Crippen LogP contribution is -2.58. The van der Waals surface area contributed by atoms with Crippen LogP contribution in [0.2, 0.25) is 0 Å². The molecule has 0 radical (unpaired) electrons. The molecule has 4 rings (SSSR count). The second-order valence-electron chi connectivity index (χ2n) is 8.09. The maximum atomic E-state index is 12.0. The van der Waals surface area contributed by atoms with Crippen LogP contribution in [0.1, 0.15) is 20.3 Å². The highest BCUT2D eigenvalue weighted by Gasteiger charge is 2.34. The Morgan fingerprint density at radius 1 is 0.857 bits per heavy atom. The van der Waals surface area contributed by atoms with Crippen LogP contribution in [0.5, 0.6) is 0 Å². The zero-order valence-electron chi connectivity index (χ0n) is 16.9. The van der Waals surface area contributed by atoms with Gasteiger partial charge in [0.2, 0.25) is 10.0 Å². The number of fused-ring (bicyclic) bond motifs is 3. The Morgan fingerprint density at radius 2 is 1.36 bits per heavy atom. The van der Waals surface area contributed by atoms with Gasteiger partial charge in [0.1, 0.15) is 0 Å². The van der Waals surface area contributed by atoms with Gasteiger partial charge in [0, 0.05) is 53.5 Å². The second-order valence-corrected chi connectivity index (χ2v) is 9.98. The average Bonchev–Trinajstić information content (AvgIpc) is 2.94. The fourth-order valence-corrected chi connectivity index (χ4v) is 6.39. The number of sulfonamides is 1. The van der Waals surface area contributed by atoms with E-state index in [-0.39, 0.29) is 12.1 Å². The Morgan fingerprint density at radius 3 is 1.86 bits per heavy atom. The maximum absolute atomic E-state index is 12.0. The lowest BCUT2D eigenvalue weighted by Gasteiger charge is -2.42. The van der Waals surface area contributed by atoms with Gasteiger partial charge in [-0.1, -0.05) is 36.4 Å². The Bertz CT molecular complexity index is 1020. The number of aryl methyl sites for hydroxylation is 1. The summed E-state index contributed by atoms with van der Waals surface area (Å²) in [6, 6.07) is 17.2. The van der Waals surface area contributed by atoms with Gasteiger partial charge in [-0.25, -0.2) is 8.42 Å². The molecule has 6 heteroatoms. The number of para-hydroxylation sites is 2. The minimum atomic E-state index is -3.15. The summed E-state index contributed by atoms with van der Waals surface area (Å²) in [6.07, 6.45) is 2.36. The number of benzene rings is 2. The zero-order chi connectivity index (χ0) is 19.9. The van der Waals surface area contributed by atoms with Crippen LogP contribution in [-0.4, -0.2) is 60.2 Å². The topological polar surface area (TPSA) is 45.5 Å². The maximum Gasteiger partial charge on any atom is 0.211 e. The first-order valence-corrected chi connectivity index (χ1v) is 11.9. The third-order valence-corrected chi connectivity index (χ3v) is 7.32. The highest BCUT2D eigenvalue weighted by Crippen LogP contribution is 2.29. The smallest absolute Gasteiger partial charge is 0.211 e. The normalized spacial score (nSPS) is 22.2. The van der Waals surface area contributed by atoms with Crippen molar-refractivity contribution in [2.24, 2.45) is 0 Å². The van der Waals surface area contributed by atoms with Gasteiger partial charge in [-0.15, -0.1) is 0 Å². The van der Waals surface area contributed by atoms with Crippen LogP contribution in [0.3, 0.4) is 0 Å². The quantitative estimate of drug-likeness (QED) is 0.659. The lowest BCUT2D eigenvalue weighted by molar-refractivity contribution is 0.101. The summed E-state index contributed by atoms with van der Waals surface area (Å²) >= 11 is 0. The summed E-state index contributed by atoms with van der Waals surface area (Å²) in [4.78, 5) is 2.41. The van der Waals surface area contributed by atoms with E-state index in [0.29, 0.717) is 0 Å². The summed E-state index contributed by atoms with van der Waals surface area (Å²) in [5.74, 6) is 0. The molecule has 0 N–H and O–H groups in total. The van der Waals surface area contributed by atoms with E-state index in [4.69, 9.17) is 0 Å². The van der Waals surface area contributed by atoms with Crippen molar-refractivity contribution in [1.29, 1.82) is 0 Å². The molecule has 0 spiro atoms. The van der Waals surface area contributed by atoms with E-state index in [0.717, 1.165) is 32.6 Å². The van der Waals surface area contributed by atoms with Crippen LogP contribution < -0.4 is 0 Å². The molecule has 2 atom stereocenters. The zero-order valence-corrected chi connectivity index (χ0v) is 17.7. The number of rotatable bonds is 5. The van der Waals surface area contributed by atoms with E-state index in [9.17, 15) is 8.42 Å². The van der Waals surface area contributed by atoms with Gasteiger partial charge in [-0.3, -0.25) is 0 Å². The van der Waals surface area contributed by atoms with E-state index < -0.39 is 10.0 Å². The number of aromatic nitrogens is 1. The van der Waals surface area contributed by atoms with Gasteiger partial charge < -0.3 is 9.47 Å². The molecule has 0 aliphatic carbocycles. The molecule has 0 unspecified atom stereocenters. The SMILES string of the molecule is C[C@@H]1CN(CCCn2c3ccccc3c3ccccc32)C[C@H](C)N1S(C)(=O)=O. The molecule has 2 aromatic carbocycles. The Kier molecular flexibility index (Phi) is 5.21. The third kappa shape index (κ3) is 3.56. The molecular weight excluding hydrogens is 370 g/mol. The largest absolute Gasteiger partial charge is 0.340 e. The van der Waals surface area contributed by atoms with Crippen molar-refractivity contribution in [3.05, 3.63) is 48.5 Å². The van der Waals surface area contributed by atoms with Crippen LogP contribution in [-0.2, 0) is 16.6 Å². The molecular formula is C22H29N3O2S. The van der Waals surface area contributed by atoms with Crippen molar-refractivity contribution in [1.82, 2.24) is 13.8 Å². The summed E-state index contributed by atoms with van der Waals surface area (Å²) in [6.45, 7) is 7.55. The molecule has 0 bridgehead atoms. The van der Waals surface area contributed by atoms with E-state index in [1.54, 1.807) is 4.31 Å². The van der Waals surface area contributed by atoms with E-state index in [1.807, 2.05) is 13.8 Å². The van der Waals surface area contributed by atoms with Crippen LogP contribution in [0.15, 0.2) is 48.5 Å². The van der Waals surface area contributed by atoms with Crippen molar-refractivity contribution in [3.63, 3.8) is 0 Å². The van der Waals surface area contributed by atoms with Gasteiger partial charge in [0.05, 0.1) is 6.26 Å². The molecule has 1 aromatic heterocycles. The standard InChI is InChI=1S/C22H29N3O2S/c1-17-15-23(16-18(2)25(17)28(3,26)27)13-8-14-24-21-11-6-4-9-19(21)20-10-5-7-12-22(20)24/h4-7,9-12,17-18H,8,13-16H2,1-3H3/t17-,18+. The van der Waals surface area contributed by atoms with Gasteiger partial charge in [-0.2, -0.15) is 4.31 Å². The van der Waals surface area contributed by atoms with Gasteiger partial charge in [-0.05, 0) is 38.9 Å². The molecule has 1 aliphatic heterocycles. The predicted octanol–water partition coefficient (Wildman–Crippen LogP) is 3.54. The Balaban J connectivity index is 1.48. The van der Waals surface area contributed by atoms with Crippen molar-refractivity contribution >= 4 is 31.8 Å². The molecule has 3 aromatic rings. The molecule has 0 saturated carbocycles. The number of piperazine rings is 1. The van der Waals surface area contributed by atoms with Crippen molar-refractivity contribution in [2.45, 2.75) is 38.9 Å². The van der Waals surface area contributed by atoms with E-state index in [2.05, 4.69) is 58.0 Å². The summed E-state index contributed by atoms with van der Waals surface area (Å²) in [5, 5.41) is 2.62. The number of nitrogens with zero attached hydrogens (tertiary/aromatic N) is 3. The lowest BCUT2D eigenvalue weighted by atomic mass is 10.1. The molecule has 0 amide bonds. The van der Waals surface area contributed by atoms with Crippen LogP contribution in [0.4, 0.5) is 0 Å². The third-order valence-electron chi connectivity index (χ3n) is 5.83. The van der Waals surface area contributed by atoms with Crippen LogP contribution in [0.25, 0.3) is 21.8 Å². The molecule has 1 aliphatic rings. The summed E-state index contributed by atoms with van der Waals surface area (Å²) in [5.41, 5.74) is 2.57. The predicted molar refractivity (Wildman–Crippen MR) is 116 cm³/mol. The molecule has 2 heterocycles. The number of hydrogen-bond donors (Lipinski definition) is 0. The van der Waals surface area contributed by atoms with Gasteiger partial charge in [0.25, 0.3) is 0 Å². The molecule has 150 valence electrons. The first-order chi connectivity index (χ1) is 13.4. The fourth-order valence-electron chi connectivity index (χ4n) is 4.95. The fraction of sp³-hybridized carbons (Fsp3) is 0.455. The van der Waals surface area contributed by atoms with Crippen LogP contribution in [0, 0.1) is 0 Å². The monoisotopic (exact) mass is 399 g/mol. The minimum Gasteiger partial charge on any atom is -0.340 e. The van der Waals surface area contributed by atoms with Crippen molar-refractivity contribution in [3.8, 4) is 0 Å². The highest BCUT2D eigenvalue weighted by atomic mass is 32.2. The molecule has 1 fully saturated rings. The molecule has 1 saturated heterocycles. The van der Waals surface area contributed by atoms with Crippen LogP contribution >= 0.6 is 0 Å². The second kappa shape index (κ2) is 7.50.